The Kier molecular flexibility index (Phi) is 8.13. The van der Waals surface area contributed by atoms with Crippen molar-refractivity contribution in [3.63, 3.8) is 0 Å². The molecule has 1 saturated heterocycles. The fraction of sp³-hybridized carbons (Fsp3) is 0.300. The Morgan fingerprint density at radius 2 is 1.79 bits per heavy atom. The lowest BCUT2D eigenvalue weighted by Crippen LogP contribution is -2.52. The molecule has 2 aromatic carbocycles. The maximum absolute atomic E-state index is 14.0. The van der Waals surface area contributed by atoms with E-state index in [4.69, 9.17) is 5.26 Å². The molecule has 0 bridgehead atoms. The molecule has 2 aromatic rings. The molecule has 0 amide bonds. The topological polar surface area (TPSA) is 54.7 Å². The smallest absolute Gasteiger partial charge is 0.194 e. The van der Waals surface area contributed by atoms with E-state index in [1.165, 1.54) is 12.1 Å². The summed E-state index contributed by atoms with van der Waals surface area (Å²) in [7, 11) is 1.64. The van der Waals surface area contributed by atoms with E-state index in [1.807, 2.05) is 11.0 Å². The van der Waals surface area contributed by atoms with Crippen LogP contribution in [0.25, 0.3) is 0 Å². The van der Waals surface area contributed by atoms with Gasteiger partial charge in [0.15, 0.2) is 5.96 Å². The third kappa shape index (κ3) is 5.53. The molecule has 9 heteroatoms. The number of aliphatic imine (C=N–C) groups is 1. The van der Waals surface area contributed by atoms with Crippen LogP contribution in [0.5, 0.6) is 0 Å². The number of guanidine groups is 1. The van der Waals surface area contributed by atoms with Crippen LogP contribution in [0, 0.1) is 28.8 Å². The lowest BCUT2D eigenvalue weighted by Gasteiger charge is -2.37. The molecular formula is C20H21F3IN5. The highest BCUT2D eigenvalue weighted by molar-refractivity contribution is 14.0. The molecule has 1 aliphatic rings. The minimum atomic E-state index is -0.472. The number of hydrogen-bond donors (Lipinski definition) is 1. The molecule has 29 heavy (non-hydrogen) atoms. The van der Waals surface area contributed by atoms with Crippen LogP contribution in [0.4, 0.5) is 18.9 Å². The standard InChI is InChI=1S/C20H20F3N5.HI/c1-25-20(26-13-15-3-2-14(12-24)10-18(15)23)28-8-6-27(7-9-28)19-11-16(21)4-5-17(19)22;/h2-5,10-11H,6-9,13H2,1H3,(H,25,26);1H. The zero-order valence-electron chi connectivity index (χ0n) is 15.8. The number of anilines is 1. The number of benzene rings is 2. The van der Waals surface area contributed by atoms with Crippen LogP contribution >= 0.6 is 24.0 Å². The van der Waals surface area contributed by atoms with E-state index in [9.17, 15) is 13.2 Å². The second kappa shape index (κ2) is 10.3. The predicted molar refractivity (Wildman–Crippen MR) is 117 cm³/mol. The van der Waals surface area contributed by atoms with Crippen molar-refractivity contribution in [2.75, 3.05) is 38.1 Å². The summed E-state index contributed by atoms with van der Waals surface area (Å²) in [6.07, 6.45) is 0. The summed E-state index contributed by atoms with van der Waals surface area (Å²) in [5, 5.41) is 11.9. The Hall–Kier alpha value is -2.48. The molecule has 0 aromatic heterocycles. The Bertz CT molecular complexity index is 921. The molecule has 1 heterocycles. The normalized spacial score (nSPS) is 14.2. The van der Waals surface area contributed by atoms with Gasteiger partial charge in [-0.05, 0) is 24.3 Å². The molecule has 3 rings (SSSR count). The van der Waals surface area contributed by atoms with Crippen LogP contribution in [-0.2, 0) is 6.54 Å². The average Bonchev–Trinajstić information content (AvgIpc) is 2.71. The molecular weight excluding hydrogens is 494 g/mol. The van der Waals surface area contributed by atoms with Crippen LogP contribution in [0.2, 0.25) is 0 Å². The summed E-state index contributed by atoms with van der Waals surface area (Å²) < 4.78 is 41.4. The molecule has 0 aliphatic carbocycles. The van der Waals surface area contributed by atoms with Crippen molar-refractivity contribution in [2.45, 2.75) is 6.54 Å². The monoisotopic (exact) mass is 515 g/mol. The van der Waals surface area contributed by atoms with Gasteiger partial charge in [0.1, 0.15) is 17.5 Å². The number of hydrogen-bond acceptors (Lipinski definition) is 3. The van der Waals surface area contributed by atoms with E-state index in [0.717, 1.165) is 12.1 Å². The van der Waals surface area contributed by atoms with Crippen molar-refractivity contribution in [2.24, 2.45) is 4.99 Å². The van der Waals surface area contributed by atoms with Crippen LogP contribution in [0.3, 0.4) is 0 Å². The third-order valence-electron chi connectivity index (χ3n) is 4.66. The molecule has 0 atom stereocenters. The van der Waals surface area contributed by atoms with E-state index in [1.54, 1.807) is 24.1 Å². The molecule has 5 nitrogen and oxygen atoms in total. The maximum Gasteiger partial charge on any atom is 0.194 e. The Labute approximate surface area is 184 Å². The number of rotatable bonds is 3. The van der Waals surface area contributed by atoms with Crippen LogP contribution in [0.1, 0.15) is 11.1 Å². The van der Waals surface area contributed by atoms with Gasteiger partial charge >= 0.3 is 0 Å². The first-order valence-electron chi connectivity index (χ1n) is 8.86. The van der Waals surface area contributed by atoms with Gasteiger partial charge in [0.05, 0.1) is 17.3 Å². The summed E-state index contributed by atoms with van der Waals surface area (Å²) >= 11 is 0. The second-order valence-corrected chi connectivity index (χ2v) is 6.39. The second-order valence-electron chi connectivity index (χ2n) is 6.39. The van der Waals surface area contributed by atoms with Crippen molar-refractivity contribution >= 4 is 35.6 Å². The van der Waals surface area contributed by atoms with E-state index in [-0.39, 0.29) is 41.8 Å². The molecule has 0 radical (unpaired) electrons. The van der Waals surface area contributed by atoms with Crippen LogP contribution in [0.15, 0.2) is 41.4 Å². The average molecular weight is 515 g/mol. The van der Waals surface area contributed by atoms with Crippen molar-refractivity contribution in [3.8, 4) is 6.07 Å². The van der Waals surface area contributed by atoms with Gasteiger partial charge in [-0.3, -0.25) is 4.99 Å². The molecule has 1 aliphatic heterocycles. The van der Waals surface area contributed by atoms with Crippen molar-refractivity contribution in [3.05, 3.63) is 65.0 Å². The highest BCUT2D eigenvalue weighted by atomic mass is 127. The number of nitrogens with zero attached hydrogens (tertiary/aromatic N) is 4. The van der Waals surface area contributed by atoms with Gasteiger partial charge in [-0.25, -0.2) is 13.2 Å². The molecule has 1 fully saturated rings. The number of nitriles is 1. The van der Waals surface area contributed by atoms with Gasteiger partial charge in [-0.15, -0.1) is 24.0 Å². The van der Waals surface area contributed by atoms with Gasteiger partial charge in [-0.1, -0.05) is 6.07 Å². The molecule has 1 N–H and O–H groups in total. The summed E-state index contributed by atoms with van der Waals surface area (Å²) in [5.41, 5.74) is 0.953. The number of nitrogens with one attached hydrogen (secondary N) is 1. The fourth-order valence-electron chi connectivity index (χ4n) is 3.15. The third-order valence-corrected chi connectivity index (χ3v) is 4.66. The van der Waals surface area contributed by atoms with Crippen LogP contribution in [-0.4, -0.2) is 44.1 Å². The van der Waals surface area contributed by atoms with E-state index >= 15 is 0 Å². The highest BCUT2D eigenvalue weighted by Gasteiger charge is 2.22. The van der Waals surface area contributed by atoms with Gasteiger partial charge in [0, 0.05) is 51.4 Å². The number of halogens is 4. The molecule has 0 saturated carbocycles. The van der Waals surface area contributed by atoms with Crippen molar-refractivity contribution < 1.29 is 13.2 Å². The summed E-state index contributed by atoms with van der Waals surface area (Å²) in [5.74, 6) is -0.772. The zero-order valence-corrected chi connectivity index (χ0v) is 18.2. The summed E-state index contributed by atoms with van der Waals surface area (Å²) in [4.78, 5) is 8.00. The van der Waals surface area contributed by atoms with E-state index in [0.29, 0.717) is 37.7 Å². The molecule has 154 valence electrons. The molecule has 0 unspecified atom stereocenters. The van der Waals surface area contributed by atoms with Crippen LogP contribution < -0.4 is 10.2 Å². The summed E-state index contributed by atoms with van der Waals surface area (Å²) in [6, 6.07) is 9.66. The lowest BCUT2D eigenvalue weighted by atomic mass is 10.1. The first-order chi connectivity index (χ1) is 13.5. The fourth-order valence-corrected chi connectivity index (χ4v) is 3.15. The largest absolute Gasteiger partial charge is 0.366 e. The van der Waals surface area contributed by atoms with Gasteiger partial charge in [0.25, 0.3) is 0 Å². The highest BCUT2D eigenvalue weighted by Crippen LogP contribution is 2.22. The quantitative estimate of drug-likeness (QED) is 0.387. The first kappa shape index (κ1) is 22.8. The Morgan fingerprint density at radius 3 is 2.41 bits per heavy atom. The summed E-state index contributed by atoms with van der Waals surface area (Å²) in [6.45, 7) is 2.36. The zero-order chi connectivity index (χ0) is 20.1. The minimum Gasteiger partial charge on any atom is -0.366 e. The number of piperazine rings is 1. The SMILES string of the molecule is CN=C(NCc1ccc(C#N)cc1F)N1CCN(c2cc(F)ccc2F)CC1.I. The lowest BCUT2D eigenvalue weighted by molar-refractivity contribution is 0.370. The Morgan fingerprint density at radius 1 is 1.07 bits per heavy atom. The maximum atomic E-state index is 14.0. The van der Waals surface area contributed by atoms with Crippen molar-refractivity contribution in [1.82, 2.24) is 10.2 Å². The minimum absolute atomic E-state index is 0. The van der Waals surface area contributed by atoms with Gasteiger partial charge in [0.2, 0.25) is 0 Å². The molecule has 0 spiro atoms. The first-order valence-corrected chi connectivity index (χ1v) is 8.86. The Balaban J connectivity index is 0.00000300. The van der Waals surface area contributed by atoms with Crippen molar-refractivity contribution in [1.29, 1.82) is 5.26 Å². The van der Waals surface area contributed by atoms with E-state index < -0.39 is 17.5 Å². The van der Waals surface area contributed by atoms with Gasteiger partial charge in [-0.2, -0.15) is 5.26 Å². The predicted octanol–water partition coefficient (Wildman–Crippen LogP) is 3.49. The van der Waals surface area contributed by atoms with E-state index in [2.05, 4.69) is 10.3 Å². The van der Waals surface area contributed by atoms with Gasteiger partial charge < -0.3 is 15.1 Å².